The fourth-order valence-corrected chi connectivity index (χ4v) is 3.58. The van der Waals surface area contributed by atoms with Gasteiger partial charge in [-0.3, -0.25) is 14.4 Å². The maximum absolute atomic E-state index is 12.3. The number of aromatic nitrogens is 1. The van der Waals surface area contributed by atoms with Crippen LogP contribution >= 0.6 is 0 Å². The Hall–Kier alpha value is -2.64. The lowest BCUT2D eigenvalue weighted by atomic mass is 9.90. The van der Waals surface area contributed by atoms with Crippen LogP contribution in [-0.2, 0) is 9.59 Å². The Bertz CT molecular complexity index is 676. The summed E-state index contributed by atoms with van der Waals surface area (Å²) >= 11 is 0. The van der Waals surface area contributed by atoms with Crippen LogP contribution in [0.3, 0.4) is 0 Å². The minimum absolute atomic E-state index is 0.00696. The number of hydrogen-bond acceptors (Lipinski definition) is 5. The summed E-state index contributed by atoms with van der Waals surface area (Å²) in [6.07, 6.45) is 6.20. The predicted octanol–water partition coefficient (Wildman–Crippen LogP) is 0.443. The number of rotatable bonds is 5. The van der Waals surface area contributed by atoms with E-state index < -0.39 is 0 Å². The van der Waals surface area contributed by atoms with Gasteiger partial charge in [-0.15, -0.1) is 0 Å². The van der Waals surface area contributed by atoms with Crippen LogP contribution in [0.4, 0.5) is 5.82 Å². The molecule has 0 bridgehead atoms. The molecule has 0 aromatic carbocycles. The van der Waals surface area contributed by atoms with Gasteiger partial charge in [0.15, 0.2) is 0 Å². The van der Waals surface area contributed by atoms with E-state index in [0.717, 1.165) is 25.7 Å². The molecule has 2 aliphatic rings. The van der Waals surface area contributed by atoms with Crippen molar-refractivity contribution in [2.24, 2.45) is 0 Å². The first-order valence-electron chi connectivity index (χ1n) is 9.11. The van der Waals surface area contributed by atoms with E-state index in [-0.39, 0.29) is 36.3 Å². The smallest absolute Gasteiger partial charge is 0.253 e. The first-order valence-corrected chi connectivity index (χ1v) is 9.11. The van der Waals surface area contributed by atoms with Crippen molar-refractivity contribution in [1.82, 2.24) is 20.5 Å². The number of hydrogen-bond donors (Lipinski definition) is 3. The van der Waals surface area contributed by atoms with Crippen LogP contribution in [0.1, 0.15) is 48.9 Å². The number of carbonyl (C=O) groups excluding carboxylic acids is 3. The third-order valence-corrected chi connectivity index (χ3v) is 4.93. The Balaban J connectivity index is 1.47. The molecule has 1 aromatic rings. The van der Waals surface area contributed by atoms with Gasteiger partial charge in [0.05, 0.1) is 12.1 Å². The van der Waals surface area contributed by atoms with Crippen LogP contribution in [-0.4, -0.2) is 52.8 Å². The van der Waals surface area contributed by atoms with Crippen molar-refractivity contribution in [3.05, 3.63) is 23.9 Å². The van der Waals surface area contributed by atoms with Gasteiger partial charge in [-0.2, -0.15) is 0 Å². The highest BCUT2D eigenvalue weighted by Gasteiger charge is 2.27. The van der Waals surface area contributed by atoms with Crippen molar-refractivity contribution in [3.8, 4) is 0 Å². The quantitative estimate of drug-likeness (QED) is 0.705. The first-order chi connectivity index (χ1) is 12.5. The molecule has 1 saturated carbocycles. The second kappa shape index (κ2) is 8.16. The zero-order valence-corrected chi connectivity index (χ0v) is 14.7. The molecule has 2 atom stereocenters. The molecule has 2 heterocycles. The van der Waals surface area contributed by atoms with E-state index in [1.807, 2.05) is 0 Å². The highest BCUT2D eigenvalue weighted by molar-refractivity contribution is 5.94. The molecule has 1 aliphatic heterocycles. The summed E-state index contributed by atoms with van der Waals surface area (Å²) in [6.45, 7) is 0.786. The second-order valence-corrected chi connectivity index (χ2v) is 6.99. The molecule has 3 amide bonds. The van der Waals surface area contributed by atoms with Gasteiger partial charge in [-0.25, -0.2) is 4.98 Å². The number of anilines is 1. The predicted molar refractivity (Wildman–Crippen MR) is 96.1 cm³/mol. The van der Waals surface area contributed by atoms with E-state index in [1.54, 1.807) is 17.0 Å². The molecule has 4 N–H and O–H groups in total. The summed E-state index contributed by atoms with van der Waals surface area (Å²) in [7, 11) is 0. The molecule has 1 aliphatic carbocycles. The van der Waals surface area contributed by atoms with Crippen LogP contribution in [0.5, 0.6) is 0 Å². The lowest BCUT2D eigenvalue weighted by Gasteiger charge is -2.30. The molecule has 0 radical (unpaired) electrons. The lowest BCUT2D eigenvalue weighted by Crippen LogP contribution is -2.48. The third kappa shape index (κ3) is 4.71. The standard InChI is InChI=1S/C18H25N5O3/c19-15-7-6-12(10-20-15)18(26)22-14-4-1-3-13(9-14)21-16(24)11-23-8-2-5-17(23)25/h6-7,10,13-14H,1-5,8-9,11H2,(H2,19,20)(H,21,24)(H,22,26)/t13-,14-/m1/s1. The zero-order chi connectivity index (χ0) is 18.5. The summed E-state index contributed by atoms with van der Waals surface area (Å²) in [4.78, 5) is 41.6. The maximum Gasteiger partial charge on any atom is 0.253 e. The largest absolute Gasteiger partial charge is 0.384 e. The average molecular weight is 359 g/mol. The Morgan fingerprint density at radius 3 is 2.62 bits per heavy atom. The molecule has 1 aromatic heterocycles. The monoisotopic (exact) mass is 359 g/mol. The van der Waals surface area contributed by atoms with Crippen LogP contribution < -0.4 is 16.4 Å². The lowest BCUT2D eigenvalue weighted by molar-refractivity contribution is -0.133. The number of nitrogens with zero attached hydrogens (tertiary/aromatic N) is 2. The first kappa shape index (κ1) is 18.2. The Labute approximate surface area is 152 Å². The topological polar surface area (TPSA) is 117 Å². The second-order valence-electron chi connectivity index (χ2n) is 6.99. The molecule has 1 saturated heterocycles. The molecule has 0 unspecified atom stereocenters. The van der Waals surface area contributed by atoms with Gasteiger partial charge >= 0.3 is 0 Å². The number of nitrogen functional groups attached to an aromatic ring is 1. The van der Waals surface area contributed by atoms with Gasteiger partial charge < -0.3 is 21.3 Å². The van der Waals surface area contributed by atoms with Crippen LogP contribution in [0, 0.1) is 0 Å². The molecule has 8 nitrogen and oxygen atoms in total. The maximum atomic E-state index is 12.3. The van der Waals surface area contributed by atoms with E-state index in [0.29, 0.717) is 30.8 Å². The molecule has 26 heavy (non-hydrogen) atoms. The number of nitrogens with one attached hydrogen (secondary N) is 2. The summed E-state index contributed by atoms with van der Waals surface area (Å²) in [5.74, 6) is 0.113. The minimum atomic E-state index is -0.183. The molecular weight excluding hydrogens is 334 g/mol. The van der Waals surface area contributed by atoms with E-state index in [9.17, 15) is 14.4 Å². The van der Waals surface area contributed by atoms with E-state index in [2.05, 4.69) is 15.6 Å². The van der Waals surface area contributed by atoms with Crippen LogP contribution in [0.2, 0.25) is 0 Å². The SMILES string of the molecule is Nc1ccc(C(=O)N[C@@H]2CCC[C@@H](NC(=O)CN3CCCC3=O)C2)cn1. The van der Waals surface area contributed by atoms with E-state index in [4.69, 9.17) is 5.73 Å². The summed E-state index contributed by atoms with van der Waals surface area (Å²) < 4.78 is 0. The Kier molecular flexibility index (Phi) is 5.70. The van der Waals surface area contributed by atoms with Crippen molar-refractivity contribution in [3.63, 3.8) is 0 Å². The highest BCUT2D eigenvalue weighted by atomic mass is 16.2. The van der Waals surface area contributed by atoms with Crippen LogP contribution in [0.15, 0.2) is 18.3 Å². The minimum Gasteiger partial charge on any atom is -0.384 e. The number of amides is 3. The molecule has 2 fully saturated rings. The van der Waals surface area contributed by atoms with Gasteiger partial charge in [-0.1, -0.05) is 0 Å². The summed E-state index contributed by atoms with van der Waals surface area (Å²) in [6, 6.07) is 3.27. The van der Waals surface area contributed by atoms with Crippen molar-refractivity contribution in [1.29, 1.82) is 0 Å². The van der Waals surface area contributed by atoms with Crippen molar-refractivity contribution in [2.45, 2.75) is 50.6 Å². The Morgan fingerprint density at radius 2 is 1.96 bits per heavy atom. The number of pyridine rings is 1. The van der Waals surface area contributed by atoms with Gasteiger partial charge in [-0.05, 0) is 44.2 Å². The van der Waals surface area contributed by atoms with E-state index >= 15 is 0 Å². The number of likely N-dealkylation sites (tertiary alicyclic amines) is 1. The van der Waals surface area contributed by atoms with Crippen molar-refractivity contribution >= 4 is 23.5 Å². The number of nitrogens with two attached hydrogens (primary N) is 1. The Morgan fingerprint density at radius 1 is 1.19 bits per heavy atom. The fraction of sp³-hybridized carbons (Fsp3) is 0.556. The van der Waals surface area contributed by atoms with Crippen molar-refractivity contribution < 1.29 is 14.4 Å². The zero-order valence-electron chi connectivity index (χ0n) is 14.7. The third-order valence-electron chi connectivity index (χ3n) is 4.93. The molecular formula is C18H25N5O3. The molecule has 8 heteroatoms. The molecule has 0 spiro atoms. The van der Waals surface area contributed by atoms with E-state index in [1.165, 1.54) is 6.20 Å². The number of carbonyl (C=O) groups is 3. The van der Waals surface area contributed by atoms with Gasteiger partial charge in [0.1, 0.15) is 5.82 Å². The molecule has 3 rings (SSSR count). The highest BCUT2D eigenvalue weighted by Crippen LogP contribution is 2.19. The van der Waals surface area contributed by atoms with Gasteiger partial charge in [0, 0.05) is 31.2 Å². The van der Waals surface area contributed by atoms with Gasteiger partial charge in [0.2, 0.25) is 11.8 Å². The van der Waals surface area contributed by atoms with Gasteiger partial charge in [0.25, 0.3) is 5.91 Å². The summed E-state index contributed by atoms with van der Waals surface area (Å²) in [5, 5.41) is 6.01. The van der Waals surface area contributed by atoms with Crippen LogP contribution in [0.25, 0.3) is 0 Å². The summed E-state index contributed by atoms with van der Waals surface area (Å²) in [5.41, 5.74) is 6.01. The average Bonchev–Trinajstić information content (AvgIpc) is 3.00. The normalized spacial score (nSPS) is 22.9. The van der Waals surface area contributed by atoms with Crippen molar-refractivity contribution in [2.75, 3.05) is 18.8 Å². The fourth-order valence-electron chi connectivity index (χ4n) is 3.58. The molecule has 140 valence electrons.